The molecule has 0 bridgehead atoms. The van der Waals surface area contributed by atoms with Crippen LogP contribution in [0.15, 0.2) is 6.07 Å². The predicted molar refractivity (Wildman–Crippen MR) is 70.1 cm³/mol. The Hall–Kier alpha value is -1.36. The van der Waals surface area contributed by atoms with E-state index >= 15 is 0 Å². The van der Waals surface area contributed by atoms with Crippen molar-refractivity contribution in [3.63, 3.8) is 0 Å². The fourth-order valence-corrected chi connectivity index (χ4v) is 1.21. The molecule has 0 saturated carbocycles. The van der Waals surface area contributed by atoms with Crippen LogP contribution < -0.4 is 11.1 Å². The van der Waals surface area contributed by atoms with Crippen LogP contribution in [0.4, 0.5) is 11.6 Å². The molecule has 96 valence electrons. The largest absolute Gasteiger partial charge is 0.384 e. The third-order valence-electron chi connectivity index (χ3n) is 2.53. The molecule has 5 nitrogen and oxygen atoms in total. The summed E-state index contributed by atoms with van der Waals surface area (Å²) in [6.45, 7) is 8.76. The maximum absolute atomic E-state index is 5.75. The second kappa shape index (κ2) is 5.31. The molecule has 0 aliphatic heterocycles. The number of nitrogen functional groups attached to an aromatic ring is 1. The molecule has 0 saturated heterocycles. The number of aromatic nitrogens is 2. The van der Waals surface area contributed by atoms with Crippen molar-refractivity contribution in [1.29, 1.82) is 0 Å². The summed E-state index contributed by atoms with van der Waals surface area (Å²) in [5, 5.41) is 3.22. The molecule has 5 heteroatoms. The zero-order chi connectivity index (χ0) is 13.1. The van der Waals surface area contributed by atoms with Gasteiger partial charge in [0.05, 0.1) is 5.60 Å². The normalized spacial score (nSPS) is 11.9. The van der Waals surface area contributed by atoms with Gasteiger partial charge in [-0.05, 0) is 13.8 Å². The van der Waals surface area contributed by atoms with E-state index in [9.17, 15) is 0 Å². The van der Waals surface area contributed by atoms with Crippen molar-refractivity contribution in [3.8, 4) is 0 Å². The molecule has 0 fully saturated rings. The number of rotatable bonds is 5. The summed E-state index contributed by atoms with van der Waals surface area (Å²) in [5.74, 6) is 2.24. The molecule has 0 amide bonds. The molecule has 1 aromatic rings. The minimum atomic E-state index is -0.238. The van der Waals surface area contributed by atoms with Crippen molar-refractivity contribution in [3.05, 3.63) is 11.9 Å². The Morgan fingerprint density at radius 1 is 1.41 bits per heavy atom. The SMILES string of the molecule is COC(C)(C)CNc1cc(N)nc(C(C)C)n1. The van der Waals surface area contributed by atoms with Gasteiger partial charge in [-0.15, -0.1) is 0 Å². The lowest BCUT2D eigenvalue weighted by Crippen LogP contribution is -2.32. The molecular weight excluding hydrogens is 216 g/mol. The van der Waals surface area contributed by atoms with Crippen LogP contribution in [0.3, 0.4) is 0 Å². The molecule has 1 rings (SSSR count). The quantitative estimate of drug-likeness (QED) is 0.821. The van der Waals surface area contributed by atoms with Crippen LogP contribution in [0.5, 0.6) is 0 Å². The lowest BCUT2D eigenvalue weighted by atomic mass is 10.1. The summed E-state index contributed by atoms with van der Waals surface area (Å²) in [5.41, 5.74) is 5.51. The number of ether oxygens (including phenoxy) is 1. The highest BCUT2D eigenvalue weighted by Crippen LogP contribution is 2.16. The van der Waals surface area contributed by atoms with E-state index in [1.165, 1.54) is 0 Å². The van der Waals surface area contributed by atoms with Crippen LogP contribution in [-0.4, -0.2) is 29.2 Å². The molecular formula is C12H22N4O. The van der Waals surface area contributed by atoms with E-state index in [4.69, 9.17) is 10.5 Å². The highest BCUT2D eigenvalue weighted by Gasteiger charge is 2.16. The minimum absolute atomic E-state index is 0.238. The second-order valence-corrected chi connectivity index (χ2v) is 5.01. The second-order valence-electron chi connectivity index (χ2n) is 5.01. The zero-order valence-corrected chi connectivity index (χ0v) is 11.2. The number of nitrogens with two attached hydrogens (primary N) is 1. The van der Waals surface area contributed by atoms with E-state index < -0.39 is 0 Å². The molecule has 0 radical (unpaired) electrons. The van der Waals surface area contributed by atoms with Gasteiger partial charge in [0, 0.05) is 25.6 Å². The Morgan fingerprint density at radius 3 is 2.59 bits per heavy atom. The third-order valence-corrected chi connectivity index (χ3v) is 2.53. The zero-order valence-electron chi connectivity index (χ0n) is 11.2. The van der Waals surface area contributed by atoms with Gasteiger partial charge in [-0.25, -0.2) is 9.97 Å². The molecule has 0 unspecified atom stereocenters. The number of hydrogen-bond acceptors (Lipinski definition) is 5. The Bertz CT molecular complexity index is 377. The lowest BCUT2D eigenvalue weighted by molar-refractivity contribution is 0.0343. The maximum atomic E-state index is 5.75. The number of methoxy groups -OCH3 is 1. The van der Waals surface area contributed by atoms with E-state index in [0.29, 0.717) is 12.4 Å². The summed E-state index contributed by atoms with van der Waals surface area (Å²) < 4.78 is 5.33. The number of anilines is 2. The Labute approximate surface area is 103 Å². The smallest absolute Gasteiger partial charge is 0.135 e. The molecule has 0 aromatic carbocycles. The van der Waals surface area contributed by atoms with Gasteiger partial charge in [0.15, 0.2) is 0 Å². The molecule has 0 aliphatic rings. The summed E-state index contributed by atoms with van der Waals surface area (Å²) in [7, 11) is 1.69. The highest BCUT2D eigenvalue weighted by atomic mass is 16.5. The van der Waals surface area contributed by atoms with Crippen molar-refractivity contribution < 1.29 is 4.74 Å². The van der Waals surface area contributed by atoms with Gasteiger partial charge in [0.1, 0.15) is 17.5 Å². The van der Waals surface area contributed by atoms with Gasteiger partial charge in [-0.3, -0.25) is 0 Å². The highest BCUT2D eigenvalue weighted by molar-refractivity contribution is 5.45. The van der Waals surface area contributed by atoms with E-state index in [0.717, 1.165) is 11.6 Å². The molecule has 1 heterocycles. The molecule has 0 spiro atoms. The van der Waals surface area contributed by atoms with E-state index in [2.05, 4.69) is 15.3 Å². The molecule has 17 heavy (non-hydrogen) atoms. The van der Waals surface area contributed by atoms with E-state index in [1.807, 2.05) is 27.7 Å². The molecule has 3 N–H and O–H groups in total. The fourth-order valence-electron chi connectivity index (χ4n) is 1.21. The maximum Gasteiger partial charge on any atom is 0.135 e. The van der Waals surface area contributed by atoms with Crippen LogP contribution >= 0.6 is 0 Å². The van der Waals surface area contributed by atoms with Crippen molar-refractivity contribution in [2.75, 3.05) is 24.7 Å². The number of nitrogens with one attached hydrogen (secondary N) is 1. The monoisotopic (exact) mass is 238 g/mol. The van der Waals surface area contributed by atoms with Gasteiger partial charge in [-0.2, -0.15) is 0 Å². The minimum Gasteiger partial charge on any atom is -0.384 e. The van der Waals surface area contributed by atoms with Crippen LogP contribution in [0.2, 0.25) is 0 Å². The number of nitrogens with zero attached hydrogens (tertiary/aromatic N) is 2. The van der Waals surface area contributed by atoms with Crippen LogP contribution in [0, 0.1) is 0 Å². The first-order chi connectivity index (χ1) is 7.84. The van der Waals surface area contributed by atoms with Gasteiger partial charge >= 0.3 is 0 Å². The summed E-state index contributed by atoms with van der Waals surface area (Å²) in [6, 6.07) is 1.73. The topological polar surface area (TPSA) is 73.1 Å². The van der Waals surface area contributed by atoms with Crippen molar-refractivity contribution in [2.24, 2.45) is 0 Å². The van der Waals surface area contributed by atoms with Crippen molar-refractivity contribution >= 4 is 11.6 Å². The van der Waals surface area contributed by atoms with Crippen LogP contribution in [0.25, 0.3) is 0 Å². The third kappa shape index (κ3) is 4.19. The van der Waals surface area contributed by atoms with Crippen molar-refractivity contribution in [1.82, 2.24) is 9.97 Å². The Balaban J connectivity index is 2.78. The Morgan fingerprint density at radius 2 is 2.06 bits per heavy atom. The average Bonchev–Trinajstić information content (AvgIpc) is 2.26. The number of hydrogen-bond donors (Lipinski definition) is 2. The first-order valence-corrected chi connectivity index (χ1v) is 5.77. The van der Waals surface area contributed by atoms with Crippen LogP contribution in [0.1, 0.15) is 39.4 Å². The summed E-state index contributed by atoms with van der Waals surface area (Å²) >= 11 is 0. The van der Waals surface area contributed by atoms with Gasteiger partial charge in [-0.1, -0.05) is 13.8 Å². The van der Waals surface area contributed by atoms with Gasteiger partial charge < -0.3 is 15.8 Å². The predicted octanol–water partition coefficient (Wildman–Crippen LogP) is 2.02. The Kier molecular flexibility index (Phi) is 4.28. The lowest BCUT2D eigenvalue weighted by Gasteiger charge is -2.23. The van der Waals surface area contributed by atoms with E-state index in [-0.39, 0.29) is 11.5 Å². The van der Waals surface area contributed by atoms with Crippen LogP contribution in [-0.2, 0) is 4.74 Å². The summed E-state index contributed by atoms with van der Waals surface area (Å²) in [6.07, 6.45) is 0. The van der Waals surface area contributed by atoms with Crippen molar-refractivity contribution in [2.45, 2.75) is 39.2 Å². The molecule has 1 aromatic heterocycles. The molecule has 0 aliphatic carbocycles. The fraction of sp³-hybridized carbons (Fsp3) is 0.667. The van der Waals surface area contributed by atoms with Gasteiger partial charge in [0.25, 0.3) is 0 Å². The van der Waals surface area contributed by atoms with Gasteiger partial charge in [0.2, 0.25) is 0 Å². The molecule has 0 atom stereocenters. The standard InChI is InChI=1S/C12H22N4O/c1-8(2)11-15-9(13)6-10(16-11)14-7-12(3,4)17-5/h6,8H,7H2,1-5H3,(H3,13,14,15,16). The first-order valence-electron chi connectivity index (χ1n) is 5.77. The first kappa shape index (κ1) is 13.7. The average molecular weight is 238 g/mol. The summed E-state index contributed by atoms with van der Waals surface area (Å²) in [4.78, 5) is 8.61. The van der Waals surface area contributed by atoms with E-state index in [1.54, 1.807) is 13.2 Å².